The first-order valence-electron chi connectivity index (χ1n) is 12.6. The summed E-state index contributed by atoms with van der Waals surface area (Å²) in [5, 5.41) is 4.00. The molecule has 40 heavy (non-hydrogen) atoms. The number of aromatic nitrogens is 1. The normalized spacial score (nSPS) is 17.9. The minimum Gasteiger partial charge on any atom is -0.449 e. The SMILES string of the molecule is CCOC(=O)N1c2c(cc(C)nc2C)C(N(Cc2cc(C(F)(F)F)cc(C(F)(F)F)c2)/C(N)=N/NC)CC1CC. The lowest BCUT2D eigenvalue weighted by Crippen LogP contribution is -2.50. The highest BCUT2D eigenvalue weighted by Gasteiger charge is 2.42. The molecule has 8 nitrogen and oxygen atoms in total. The zero-order chi connectivity index (χ0) is 30.0. The predicted molar refractivity (Wildman–Crippen MR) is 137 cm³/mol. The van der Waals surface area contributed by atoms with Gasteiger partial charge < -0.3 is 20.8 Å². The molecule has 1 aliphatic rings. The molecule has 14 heteroatoms. The van der Waals surface area contributed by atoms with Gasteiger partial charge in [-0.15, -0.1) is 5.10 Å². The summed E-state index contributed by atoms with van der Waals surface area (Å²) in [6, 6.07) is 2.03. The molecule has 3 rings (SSSR count). The van der Waals surface area contributed by atoms with Crippen molar-refractivity contribution in [3.8, 4) is 0 Å². The van der Waals surface area contributed by atoms with Gasteiger partial charge in [0.05, 0.1) is 35.2 Å². The number of hydrogen-bond donors (Lipinski definition) is 2. The van der Waals surface area contributed by atoms with Crippen LogP contribution in [0.1, 0.15) is 66.4 Å². The highest BCUT2D eigenvalue weighted by Crippen LogP contribution is 2.44. The summed E-state index contributed by atoms with van der Waals surface area (Å²) in [7, 11) is 1.46. The first kappa shape index (κ1) is 30.8. The molecular weight excluding hydrogens is 542 g/mol. The number of pyridine rings is 1. The van der Waals surface area contributed by atoms with Gasteiger partial charge in [-0.25, -0.2) is 4.79 Å². The third-order valence-corrected chi connectivity index (χ3v) is 6.62. The second kappa shape index (κ2) is 11.8. The molecule has 0 bridgehead atoms. The number of aryl methyl sites for hydroxylation is 2. The van der Waals surface area contributed by atoms with Crippen LogP contribution in [-0.2, 0) is 23.6 Å². The van der Waals surface area contributed by atoms with Crippen molar-refractivity contribution in [1.82, 2.24) is 15.3 Å². The topological polar surface area (TPSA) is 96.1 Å². The van der Waals surface area contributed by atoms with Crippen molar-refractivity contribution in [3.63, 3.8) is 0 Å². The average molecular weight is 575 g/mol. The number of nitrogens with one attached hydrogen (secondary N) is 1. The molecular formula is C26H32F6N6O2. The summed E-state index contributed by atoms with van der Waals surface area (Å²) in [5.41, 5.74) is 7.80. The number of alkyl halides is 6. The summed E-state index contributed by atoms with van der Waals surface area (Å²) >= 11 is 0. The molecule has 0 fully saturated rings. The third-order valence-electron chi connectivity index (χ3n) is 6.62. The lowest BCUT2D eigenvalue weighted by atomic mass is 9.88. The Kier molecular flexibility index (Phi) is 9.10. The van der Waals surface area contributed by atoms with E-state index in [2.05, 4.69) is 15.5 Å². The average Bonchev–Trinajstić information content (AvgIpc) is 2.85. The second-order valence-corrected chi connectivity index (χ2v) is 9.41. The van der Waals surface area contributed by atoms with Crippen molar-refractivity contribution < 1.29 is 35.9 Å². The Bertz CT molecular complexity index is 1230. The maximum Gasteiger partial charge on any atom is 0.416 e. The van der Waals surface area contributed by atoms with Gasteiger partial charge >= 0.3 is 18.4 Å². The van der Waals surface area contributed by atoms with Crippen molar-refractivity contribution in [2.45, 2.75) is 71.5 Å². The van der Waals surface area contributed by atoms with Crippen molar-refractivity contribution in [1.29, 1.82) is 0 Å². The Morgan fingerprint density at radius 1 is 1.12 bits per heavy atom. The van der Waals surface area contributed by atoms with Crippen LogP contribution >= 0.6 is 0 Å². The molecule has 0 saturated carbocycles. The van der Waals surface area contributed by atoms with Crippen molar-refractivity contribution in [3.05, 3.63) is 57.9 Å². The van der Waals surface area contributed by atoms with E-state index in [0.717, 1.165) is 0 Å². The molecule has 3 N–H and O–H groups in total. The minimum atomic E-state index is -5.00. The van der Waals surface area contributed by atoms with Crippen molar-refractivity contribution >= 4 is 17.7 Å². The summed E-state index contributed by atoms with van der Waals surface area (Å²) in [6.07, 6.45) is -9.87. The van der Waals surface area contributed by atoms with Gasteiger partial charge in [0.25, 0.3) is 0 Å². The molecule has 1 aromatic carbocycles. The quantitative estimate of drug-likeness (QED) is 0.194. The molecule has 2 unspecified atom stereocenters. The van der Waals surface area contributed by atoms with E-state index in [9.17, 15) is 31.1 Å². The van der Waals surface area contributed by atoms with Gasteiger partial charge in [-0.05, 0) is 63.4 Å². The van der Waals surface area contributed by atoms with Gasteiger partial charge in [0.1, 0.15) is 0 Å². The fourth-order valence-electron chi connectivity index (χ4n) is 5.01. The largest absolute Gasteiger partial charge is 0.449 e. The minimum absolute atomic E-state index is 0.0809. The number of nitrogens with two attached hydrogens (primary N) is 1. The number of anilines is 1. The van der Waals surface area contributed by atoms with E-state index in [0.29, 0.717) is 41.2 Å². The third kappa shape index (κ3) is 6.53. The Labute approximate surface area is 228 Å². The number of hydrazone groups is 1. The molecule has 2 atom stereocenters. The van der Waals surface area contributed by atoms with Crippen LogP contribution in [0.2, 0.25) is 0 Å². The first-order valence-corrected chi connectivity index (χ1v) is 12.6. The van der Waals surface area contributed by atoms with E-state index >= 15 is 0 Å². The molecule has 220 valence electrons. The zero-order valence-electron chi connectivity index (χ0n) is 22.7. The fraction of sp³-hybridized carbons (Fsp3) is 0.500. The molecule has 2 aromatic rings. The summed E-state index contributed by atoms with van der Waals surface area (Å²) in [6.45, 7) is 6.69. The van der Waals surface area contributed by atoms with E-state index in [1.807, 2.05) is 6.92 Å². The van der Waals surface area contributed by atoms with Crippen molar-refractivity contribution in [2.75, 3.05) is 18.6 Å². The Balaban J connectivity index is 2.23. The Morgan fingerprint density at radius 2 is 1.73 bits per heavy atom. The fourth-order valence-corrected chi connectivity index (χ4v) is 5.01. The predicted octanol–water partition coefficient (Wildman–Crippen LogP) is 5.87. The summed E-state index contributed by atoms with van der Waals surface area (Å²) in [5.74, 6) is -0.157. The highest BCUT2D eigenvalue weighted by atomic mass is 19.4. The standard InChI is InChI=1S/C26H32F6N6O2/c1-6-19-12-21(20-8-14(3)35-15(4)22(20)38(19)24(39)40-7-2)37(23(33)36-34-5)13-16-9-17(25(27,28)29)11-18(10-16)26(30,31)32/h8-11,19,21,34H,6-7,12-13H2,1-5H3,(H2,33,36). The molecule has 1 amide bonds. The first-order chi connectivity index (χ1) is 18.6. The number of guanidine groups is 1. The lowest BCUT2D eigenvalue weighted by Gasteiger charge is -2.44. The van der Waals surface area contributed by atoms with Gasteiger partial charge in [0.15, 0.2) is 0 Å². The van der Waals surface area contributed by atoms with E-state index in [4.69, 9.17) is 10.5 Å². The van der Waals surface area contributed by atoms with Crippen LogP contribution in [0.25, 0.3) is 0 Å². The van der Waals surface area contributed by atoms with Gasteiger partial charge in [-0.2, -0.15) is 26.3 Å². The summed E-state index contributed by atoms with van der Waals surface area (Å²) < 4.78 is 86.8. The lowest BCUT2D eigenvalue weighted by molar-refractivity contribution is -0.143. The molecule has 0 aliphatic carbocycles. The Morgan fingerprint density at radius 3 is 2.23 bits per heavy atom. The number of ether oxygens (including phenoxy) is 1. The number of benzene rings is 1. The number of carbonyl (C=O) groups excluding carboxylic acids is 1. The van der Waals surface area contributed by atoms with Gasteiger partial charge in [-0.3, -0.25) is 9.88 Å². The molecule has 2 heterocycles. The van der Waals surface area contributed by atoms with E-state index in [-0.39, 0.29) is 30.6 Å². The molecule has 1 aliphatic heterocycles. The number of amides is 1. The number of nitrogens with zero attached hydrogens (tertiary/aromatic N) is 4. The maximum atomic E-state index is 13.6. The maximum absolute atomic E-state index is 13.6. The molecule has 0 spiro atoms. The molecule has 0 saturated heterocycles. The van der Waals surface area contributed by atoms with Crippen LogP contribution in [0, 0.1) is 13.8 Å². The van der Waals surface area contributed by atoms with Gasteiger partial charge in [-0.1, -0.05) is 6.92 Å². The van der Waals surface area contributed by atoms with Crippen LogP contribution in [0.5, 0.6) is 0 Å². The van der Waals surface area contributed by atoms with Crippen LogP contribution in [0.3, 0.4) is 0 Å². The van der Waals surface area contributed by atoms with E-state index in [1.165, 1.54) is 16.8 Å². The van der Waals surface area contributed by atoms with Crippen molar-refractivity contribution in [2.24, 2.45) is 10.8 Å². The second-order valence-electron chi connectivity index (χ2n) is 9.41. The van der Waals surface area contributed by atoms with Gasteiger partial charge in [0, 0.05) is 30.9 Å². The van der Waals surface area contributed by atoms with E-state index < -0.39 is 48.2 Å². The summed E-state index contributed by atoms with van der Waals surface area (Å²) in [4.78, 5) is 20.5. The van der Waals surface area contributed by atoms with Crippen LogP contribution in [0.4, 0.5) is 36.8 Å². The monoisotopic (exact) mass is 574 g/mol. The number of rotatable bonds is 6. The van der Waals surface area contributed by atoms with E-state index in [1.54, 1.807) is 26.8 Å². The van der Waals surface area contributed by atoms with Gasteiger partial charge in [0.2, 0.25) is 5.96 Å². The Hall–Kier alpha value is -3.71. The molecule has 1 aromatic heterocycles. The number of halogens is 6. The molecule has 0 radical (unpaired) electrons. The highest BCUT2D eigenvalue weighted by molar-refractivity contribution is 5.91. The zero-order valence-corrected chi connectivity index (χ0v) is 22.7. The number of carbonyl (C=O) groups is 1. The van der Waals surface area contributed by atoms with Crippen LogP contribution in [0.15, 0.2) is 29.4 Å². The number of fused-ring (bicyclic) bond motifs is 1. The smallest absolute Gasteiger partial charge is 0.416 e. The van der Waals surface area contributed by atoms with Crippen LogP contribution in [-0.4, -0.2) is 41.6 Å². The van der Waals surface area contributed by atoms with Crippen LogP contribution < -0.4 is 16.1 Å². The number of hydrogen-bond acceptors (Lipinski definition) is 5.